The van der Waals surface area contributed by atoms with E-state index in [9.17, 15) is 9.50 Å². The van der Waals surface area contributed by atoms with E-state index >= 15 is 0 Å². The van der Waals surface area contributed by atoms with E-state index in [1.807, 2.05) is 13.0 Å². The average Bonchev–Trinajstić information content (AvgIpc) is 2.62. The molecule has 1 atom stereocenters. The first-order chi connectivity index (χ1) is 8.00. The molecule has 17 heavy (non-hydrogen) atoms. The summed E-state index contributed by atoms with van der Waals surface area (Å²) in [5.41, 5.74) is 1.43. The molecular formula is C12H9BrClFOS. The number of hydrogen-bond donors (Lipinski definition) is 1. The van der Waals surface area contributed by atoms with Crippen molar-refractivity contribution in [3.63, 3.8) is 0 Å². The average molecular weight is 336 g/mol. The second-order valence-corrected chi connectivity index (χ2v) is 6.43. The summed E-state index contributed by atoms with van der Waals surface area (Å²) in [6, 6.07) is 6.29. The Bertz CT molecular complexity index is 536. The smallest absolute Gasteiger partial charge is 0.142 e. The van der Waals surface area contributed by atoms with Gasteiger partial charge in [0.1, 0.15) is 11.9 Å². The molecule has 0 amide bonds. The minimum atomic E-state index is -0.895. The van der Waals surface area contributed by atoms with Crippen LogP contribution in [0.2, 0.25) is 5.02 Å². The van der Waals surface area contributed by atoms with Crippen molar-refractivity contribution in [3.05, 3.63) is 54.9 Å². The number of rotatable bonds is 2. The highest BCUT2D eigenvalue weighted by Gasteiger charge is 2.18. The summed E-state index contributed by atoms with van der Waals surface area (Å²) in [6.07, 6.45) is -0.895. The highest BCUT2D eigenvalue weighted by molar-refractivity contribution is 9.11. The van der Waals surface area contributed by atoms with Crippen molar-refractivity contribution < 1.29 is 9.50 Å². The Morgan fingerprint density at radius 2 is 2.18 bits per heavy atom. The van der Waals surface area contributed by atoms with Crippen molar-refractivity contribution in [2.75, 3.05) is 0 Å². The Hall–Kier alpha value is -0.420. The van der Waals surface area contributed by atoms with Crippen LogP contribution in [-0.2, 0) is 0 Å². The summed E-state index contributed by atoms with van der Waals surface area (Å²) in [5, 5.41) is 10.1. The van der Waals surface area contributed by atoms with Gasteiger partial charge >= 0.3 is 0 Å². The third-order valence-electron chi connectivity index (χ3n) is 2.42. The summed E-state index contributed by atoms with van der Waals surface area (Å²) in [6.45, 7) is 1.93. The zero-order valence-corrected chi connectivity index (χ0v) is 12.0. The van der Waals surface area contributed by atoms with E-state index < -0.39 is 11.9 Å². The summed E-state index contributed by atoms with van der Waals surface area (Å²) >= 11 is 10.7. The van der Waals surface area contributed by atoms with Crippen LogP contribution in [0.1, 0.15) is 22.1 Å². The minimum Gasteiger partial charge on any atom is -0.383 e. The van der Waals surface area contributed by atoms with Gasteiger partial charge in [0, 0.05) is 10.4 Å². The lowest BCUT2D eigenvalue weighted by Gasteiger charge is -2.11. The van der Waals surface area contributed by atoms with Gasteiger partial charge in [-0.3, -0.25) is 0 Å². The van der Waals surface area contributed by atoms with Gasteiger partial charge in [0.15, 0.2) is 0 Å². The molecule has 5 heteroatoms. The molecule has 1 N–H and O–H groups in total. The molecule has 1 nitrogen and oxygen atoms in total. The van der Waals surface area contributed by atoms with Crippen molar-refractivity contribution in [3.8, 4) is 0 Å². The number of aryl methyl sites for hydroxylation is 1. The summed E-state index contributed by atoms with van der Waals surface area (Å²) in [7, 11) is 0. The first kappa shape index (κ1) is 13.0. The lowest BCUT2D eigenvalue weighted by Crippen LogP contribution is -1.99. The fourth-order valence-electron chi connectivity index (χ4n) is 1.50. The van der Waals surface area contributed by atoms with Crippen LogP contribution in [0, 0.1) is 12.7 Å². The maximum absolute atomic E-state index is 13.3. The van der Waals surface area contributed by atoms with Crippen LogP contribution in [0.5, 0.6) is 0 Å². The third kappa shape index (κ3) is 2.55. The highest BCUT2D eigenvalue weighted by atomic mass is 79.9. The quantitative estimate of drug-likeness (QED) is 0.844. The molecular weight excluding hydrogens is 327 g/mol. The molecule has 0 spiro atoms. The van der Waals surface area contributed by atoms with E-state index in [2.05, 4.69) is 15.9 Å². The number of hydrogen-bond acceptors (Lipinski definition) is 2. The van der Waals surface area contributed by atoms with Crippen molar-refractivity contribution in [2.45, 2.75) is 13.0 Å². The molecule has 0 fully saturated rings. The van der Waals surface area contributed by atoms with E-state index in [4.69, 9.17) is 11.6 Å². The lowest BCUT2D eigenvalue weighted by molar-refractivity contribution is 0.223. The van der Waals surface area contributed by atoms with E-state index in [0.29, 0.717) is 5.56 Å². The van der Waals surface area contributed by atoms with Gasteiger partial charge in [-0.2, -0.15) is 0 Å². The van der Waals surface area contributed by atoms with Crippen molar-refractivity contribution in [1.29, 1.82) is 0 Å². The van der Waals surface area contributed by atoms with E-state index in [-0.39, 0.29) is 5.02 Å². The summed E-state index contributed by atoms with van der Waals surface area (Å²) in [5.74, 6) is -0.518. The second kappa shape index (κ2) is 5.06. The van der Waals surface area contributed by atoms with Gasteiger partial charge in [-0.25, -0.2) is 4.39 Å². The molecule has 90 valence electrons. The molecule has 2 aromatic rings. The Morgan fingerprint density at radius 1 is 1.47 bits per heavy atom. The maximum atomic E-state index is 13.3. The molecule has 1 aromatic heterocycles. The second-order valence-electron chi connectivity index (χ2n) is 3.65. The van der Waals surface area contributed by atoms with Gasteiger partial charge in [-0.15, -0.1) is 11.3 Å². The monoisotopic (exact) mass is 334 g/mol. The molecule has 0 bridgehead atoms. The summed E-state index contributed by atoms with van der Waals surface area (Å²) in [4.78, 5) is 0.738. The van der Waals surface area contributed by atoms with Crippen LogP contribution in [0.25, 0.3) is 0 Å². The molecule has 1 unspecified atom stereocenters. The molecule has 0 aliphatic heterocycles. The molecule has 0 aliphatic rings. The molecule has 0 saturated heterocycles. The Kier molecular flexibility index (Phi) is 3.88. The number of aliphatic hydroxyl groups excluding tert-OH is 1. The van der Waals surface area contributed by atoms with Gasteiger partial charge in [0.25, 0.3) is 0 Å². The first-order valence-electron chi connectivity index (χ1n) is 4.88. The van der Waals surface area contributed by atoms with Crippen LogP contribution >= 0.6 is 38.9 Å². The van der Waals surface area contributed by atoms with Gasteiger partial charge in [0.05, 0.1) is 8.81 Å². The predicted octanol–water partition coefficient (Wildman–Crippen LogP) is 4.69. The maximum Gasteiger partial charge on any atom is 0.142 e. The molecule has 0 aliphatic carbocycles. The van der Waals surface area contributed by atoms with Crippen LogP contribution in [0.15, 0.2) is 28.1 Å². The normalized spacial score (nSPS) is 12.8. The van der Waals surface area contributed by atoms with E-state index in [0.717, 1.165) is 14.2 Å². The van der Waals surface area contributed by atoms with E-state index in [1.165, 1.54) is 23.5 Å². The predicted molar refractivity (Wildman–Crippen MR) is 72.2 cm³/mol. The van der Waals surface area contributed by atoms with Gasteiger partial charge < -0.3 is 5.11 Å². The Morgan fingerprint density at radius 3 is 2.76 bits per heavy atom. The van der Waals surface area contributed by atoms with Crippen molar-refractivity contribution in [1.82, 2.24) is 0 Å². The SMILES string of the molecule is Cc1cc(C(O)c2cccc(F)c2Cl)sc1Br. The lowest BCUT2D eigenvalue weighted by atomic mass is 10.1. The number of benzene rings is 1. The Labute approximate surface area is 116 Å². The standard InChI is InChI=1S/C12H9BrClFOS/c1-6-5-9(17-12(6)13)11(16)7-3-2-4-8(15)10(7)14/h2-5,11,16H,1H3. The molecule has 1 aromatic carbocycles. The minimum absolute atomic E-state index is 0.0258. The fraction of sp³-hybridized carbons (Fsp3) is 0.167. The largest absolute Gasteiger partial charge is 0.383 e. The number of aliphatic hydroxyl groups is 1. The van der Waals surface area contributed by atoms with Crippen molar-refractivity contribution >= 4 is 38.9 Å². The zero-order chi connectivity index (χ0) is 12.6. The first-order valence-corrected chi connectivity index (χ1v) is 6.87. The van der Waals surface area contributed by atoms with E-state index in [1.54, 1.807) is 6.07 Å². The van der Waals surface area contributed by atoms with Crippen molar-refractivity contribution in [2.24, 2.45) is 0 Å². The fourth-order valence-corrected chi connectivity index (χ4v) is 3.31. The Balaban J connectivity index is 2.43. The molecule has 2 rings (SSSR count). The van der Waals surface area contributed by atoms with Crippen LogP contribution < -0.4 is 0 Å². The zero-order valence-electron chi connectivity index (χ0n) is 8.88. The van der Waals surface area contributed by atoms with Crippen LogP contribution in [0.4, 0.5) is 4.39 Å². The van der Waals surface area contributed by atoms with Gasteiger partial charge in [0.2, 0.25) is 0 Å². The topological polar surface area (TPSA) is 20.2 Å². The molecule has 1 heterocycles. The summed E-state index contributed by atoms with van der Waals surface area (Å²) < 4.78 is 14.2. The number of thiophene rings is 1. The highest BCUT2D eigenvalue weighted by Crippen LogP contribution is 2.36. The third-order valence-corrected chi connectivity index (χ3v) is 5.01. The van der Waals surface area contributed by atoms with Crippen LogP contribution in [-0.4, -0.2) is 5.11 Å². The van der Waals surface area contributed by atoms with Crippen LogP contribution in [0.3, 0.4) is 0 Å². The molecule has 0 saturated carbocycles. The van der Waals surface area contributed by atoms with Gasteiger partial charge in [-0.1, -0.05) is 23.7 Å². The van der Waals surface area contributed by atoms with Gasteiger partial charge in [-0.05, 0) is 40.5 Å². The molecule has 0 radical (unpaired) electrons. The number of halogens is 3.